The second-order valence-corrected chi connectivity index (χ2v) is 38.9. The second kappa shape index (κ2) is 95.6. The number of aryl methyl sites for hydroxylation is 2. The van der Waals surface area contributed by atoms with E-state index in [0.717, 1.165) is 80.9 Å². The zero-order valence-electron chi connectivity index (χ0n) is 81.9. The Labute approximate surface area is 754 Å². The van der Waals surface area contributed by atoms with Gasteiger partial charge >= 0.3 is 173 Å². The fourth-order valence-corrected chi connectivity index (χ4v) is 18.8. The molecule has 0 saturated carbocycles. The van der Waals surface area contributed by atoms with Crippen molar-refractivity contribution in [1.29, 1.82) is 0 Å². The van der Waals surface area contributed by atoms with Gasteiger partial charge in [0.1, 0.15) is 0 Å². The van der Waals surface area contributed by atoms with Gasteiger partial charge in [0.05, 0.1) is 5.57 Å². The number of rotatable bonds is 89. The number of unbranched alkanes of at least 4 members (excludes halogenated alkanes) is 74. The fourth-order valence-electron chi connectivity index (χ4n) is 17.6. The van der Waals surface area contributed by atoms with Gasteiger partial charge in [0.25, 0.3) is 0 Å². The van der Waals surface area contributed by atoms with Gasteiger partial charge in [-0.15, -0.1) is 4.79 Å². The normalized spacial score (nSPS) is 11.5. The molecule has 2 rings (SSSR count). The molecule has 690 valence electrons. The second-order valence-electron chi connectivity index (χ2n) is 37.4. The van der Waals surface area contributed by atoms with Crippen molar-refractivity contribution >= 4 is 11.4 Å². The first-order chi connectivity index (χ1) is 59.0. The zero-order valence-corrected chi connectivity index (χ0v) is 82.9. The van der Waals surface area contributed by atoms with Gasteiger partial charge in [0.15, 0.2) is 0 Å². The Kier molecular flexibility index (Phi) is 91.6. The maximum absolute atomic E-state index is 10.2. The van der Waals surface area contributed by atoms with Crippen LogP contribution in [0.15, 0.2) is 47.5 Å². The minimum absolute atomic E-state index is 0.840. The summed E-state index contributed by atoms with van der Waals surface area (Å²) in [6.07, 6.45) is 118. The van der Waals surface area contributed by atoms with E-state index in [1.165, 1.54) is 532 Å². The molecule has 0 aliphatic carbocycles. The van der Waals surface area contributed by atoms with Gasteiger partial charge in [-0.2, -0.15) is 0 Å². The Bertz CT molecular complexity index is 2550. The van der Waals surface area contributed by atoms with Gasteiger partial charge in [-0.05, 0) is 116 Å². The van der Waals surface area contributed by atoms with Crippen LogP contribution in [0.1, 0.15) is 628 Å². The molecule has 2 aromatic carbocycles. The Morgan fingerprint density at radius 1 is 0.244 bits per heavy atom. The monoisotopic (exact) mass is 1690 g/mol. The Morgan fingerprint density at radius 3 is 0.723 bits per heavy atom. The van der Waals surface area contributed by atoms with Crippen LogP contribution >= 0.6 is 0 Å². The third kappa shape index (κ3) is 77.1. The first-order valence-corrected chi connectivity index (χ1v) is 55.8. The maximum atomic E-state index is 10.2. The number of nitrogens with zero attached hydrogens (tertiary/aromatic N) is 2. The molecule has 0 aliphatic rings. The summed E-state index contributed by atoms with van der Waals surface area (Å²) in [6.45, 7) is 18.4. The number of hydrogen-bond acceptors (Lipinski definition) is 0. The first-order valence-electron chi connectivity index (χ1n) is 54.4. The van der Waals surface area contributed by atoms with E-state index in [1.807, 2.05) is 14.4 Å². The Morgan fingerprint density at radius 2 is 0.471 bits per heavy atom. The van der Waals surface area contributed by atoms with Crippen molar-refractivity contribution in [1.82, 2.24) is 0 Å². The molecule has 0 aliphatic heterocycles. The Hall–Kier alpha value is -3.05. The van der Waals surface area contributed by atoms with Crippen molar-refractivity contribution in [2.24, 2.45) is 0 Å². The minimum atomic E-state index is 0.840. The van der Waals surface area contributed by atoms with Crippen LogP contribution in [0.2, 0.25) is 10.8 Å². The van der Waals surface area contributed by atoms with Gasteiger partial charge in [-0.1, -0.05) is 430 Å². The molecule has 0 radical (unpaired) electrons. The molecule has 0 atom stereocenters. The SMILES string of the molecule is CCCCCCCCCCCCCCCCCCCCCCCCCCCCC#Cc1cc(C#CCCCCCCCCCCCCCCCCCCCCCCCCCCCC)cc(C(=C(CCCC)C(=C=[N+]=[N-])CCCC)c2cc(CCCC)cc(CCCC)c2)c1.CCCCCCCCCCC[CH2][Ni][CH2]CCCCCCCCCCC. The standard InChI is InChI=1S/C92H156N2.2C12H25.Ni/c1-7-13-19-21-23-25-27-29-31-33-35-37-39-41-43-45-47-49-51-53-55-57-59-61-63-65-67-69-73-86-78-87(74-70-68-66-64-62-60-58-56-54-52-50-48-46-44-42-40-38-36-34-32-30-28-26-24-22-20-14-8-2)82-90(81-86)92(91(76-18-12-6)88(83-94-93)75-17-11-5)89-79-84(71-15-9-3)77-85(80-89)72-16-10-4;2*1-3-5-7-9-11-12-10-8-6-4-2;/h77-82H,7-68,71-72,75-76H2,1-6H3;2*1,3-12H2,2H3;. The van der Waals surface area contributed by atoms with Crippen LogP contribution in [-0.2, 0) is 27.3 Å². The molecule has 2 aromatic rings. The Balaban J connectivity index is 0.00000241. The van der Waals surface area contributed by atoms with E-state index in [0.29, 0.717) is 0 Å². The molecular formula is C116H206N2Ni. The van der Waals surface area contributed by atoms with Crippen molar-refractivity contribution in [3.8, 4) is 23.7 Å². The summed E-state index contributed by atoms with van der Waals surface area (Å²) in [7, 11) is 0. The summed E-state index contributed by atoms with van der Waals surface area (Å²) in [5.74, 6) is 17.9. The van der Waals surface area contributed by atoms with Crippen LogP contribution in [0.25, 0.3) is 11.1 Å². The van der Waals surface area contributed by atoms with Crippen LogP contribution in [-0.4, -0.2) is 10.7 Å². The van der Waals surface area contributed by atoms with E-state index in [4.69, 9.17) is 0 Å². The zero-order chi connectivity index (χ0) is 85.6. The van der Waals surface area contributed by atoms with Crippen LogP contribution in [0.3, 0.4) is 0 Å². The molecular weight excluding hydrogens is 1480 g/mol. The molecule has 0 heterocycles. The number of hydrogen-bond donors (Lipinski definition) is 0. The molecule has 0 unspecified atom stereocenters. The van der Waals surface area contributed by atoms with Crippen LogP contribution in [0, 0.1) is 23.7 Å². The number of allylic oxidation sites excluding steroid dienone is 2. The van der Waals surface area contributed by atoms with Crippen molar-refractivity contribution in [2.45, 2.75) is 618 Å². The molecule has 2 nitrogen and oxygen atoms in total. The topological polar surface area (TPSA) is 36.4 Å². The fraction of sp³-hybridized carbons (Fsp3) is 0.828. The summed E-state index contributed by atoms with van der Waals surface area (Å²) >= 11 is 2.03. The van der Waals surface area contributed by atoms with Crippen LogP contribution in [0.5, 0.6) is 0 Å². The average molecular weight is 1690 g/mol. The summed E-state index contributed by atoms with van der Waals surface area (Å²) in [6, 6.07) is 14.4. The molecule has 3 heteroatoms. The predicted octanol–water partition coefficient (Wildman–Crippen LogP) is 40.9. The predicted molar refractivity (Wildman–Crippen MR) is 535 cm³/mol. The molecule has 0 bridgehead atoms. The summed E-state index contributed by atoms with van der Waals surface area (Å²) < 4.78 is 0. The van der Waals surface area contributed by atoms with E-state index >= 15 is 0 Å². The van der Waals surface area contributed by atoms with Gasteiger partial charge in [-0.3, -0.25) is 0 Å². The molecule has 0 fully saturated rings. The number of benzene rings is 2. The van der Waals surface area contributed by atoms with E-state index < -0.39 is 0 Å². The van der Waals surface area contributed by atoms with E-state index in [-0.39, 0.29) is 0 Å². The first kappa shape index (κ1) is 114. The van der Waals surface area contributed by atoms with Crippen molar-refractivity contribution in [2.75, 3.05) is 0 Å². The summed E-state index contributed by atoms with van der Waals surface area (Å²) in [4.78, 5) is 3.62. The van der Waals surface area contributed by atoms with Crippen molar-refractivity contribution in [3.05, 3.63) is 86.5 Å². The van der Waals surface area contributed by atoms with Crippen molar-refractivity contribution < 1.29 is 19.2 Å². The van der Waals surface area contributed by atoms with Gasteiger partial charge in [0.2, 0.25) is 0 Å². The van der Waals surface area contributed by atoms with Gasteiger partial charge in [-0.25, -0.2) is 0 Å². The van der Waals surface area contributed by atoms with Gasteiger partial charge < -0.3 is 5.53 Å². The molecule has 119 heavy (non-hydrogen) atoms. The van der Waals surface area contributed by atoms with Crippen LogP contribution in [0.4, 0.5) is 0 Å². The molecule has 0 amide bonds. The van der Waals surface area contributed by atoms with E-state index in [2.05, 4.69) is 126 Å². The van der Waals surface area contributed by atoms with Crippen LogP contribution < -0.4 is 0 Å². The summed E-state index contributed by atoms with van der Waals surface area (Å²) in [5, 5.41) is 2.86. The third-order valence-electron chi connectivity index (χ3n) is 25.5. The quantitative estimate of drug-likeness (QED) is 0.0120. The van der Waals surface area contributed by atoms with Crippen molar-refractivity contribution in [3.63, 3.8) is 0 Å². The summed E-state index contributed by atoms with van der Waals surface area (Å²) in [5.41, 5.74) is 21.2. The third-order valence-corrected chi connectivity index (χ3v) is 26.9. The molecule has 0 spiro atoms. The van der Waals surface area contributed by atoms with Gasteiger partial charge in [0, 0.05) is 24.0 Å². The average Bonchev–Trinajstić information content (AvgIpc) is 0.786. The molecule has 0 N–H and O–H groups in total. The molecule has 0 saturated heterocycles. The van der Waals surface area contributed by atoms with E-state index in [1.54, 1.807) is 0 Å². The molecule has 0 aromatic heterocycles. The van der Waals surface area contributed by atoms with E-state index in [9.17, 15) is 5.53 Å².